The third-order valence-electron chi connectivity index (χ3n) is 6.09. The van der Waals surface area contributed by atoms with Crippen LogP contribution in [0.5, 0.6) is 0 Å². The third kappa shape index (κ3) is 5.38. The summed E-state index contributed by atoms with van der Waals surface area (Å²) in [5.74, 6) is -0.641. The number of halogens is 2. The van der Waals surface area contributed by atoms with Crippen molar-refractivity contribution >= 4 is 12.0 Å². The highest BCUT2D eigenvalue weighted by Gasteiger charge is 2.41. The zero-order valence-electron chi connectivity index (χ0n) is 19.6. The lowest BCUT2D eigenvalue weighted by atomic mass is 9.87. The number of amides is 2. The van der Waals surface area contributed by atoms with Crippen molar-refractivity contribution in [3.63, 3.8) is 0 Å². The van der Waals surface area contributed by atoms with Crippen molar-refractivity contribution in [3.8, 4) is 0 Å². The average Bonchev–Trinajstić information content (AvgIpc) is 2.79. The number of carbonyl (C=O) groups excluding carboxylic acids is 2. The monoisotopic (exact) mass is 472 g/mol. The molecule has 0 unspecified atom stereocenters. The first-order chi connectivity index (χ1) is 16.1. The molecule has 34 heavy (non-hydrogen) atoms. The van der Waals surface area contributed by atoms with E-state index < -0.39 is 36.1 Å². The lowest BCUT2D eigenvalue weighted by Gasteiger charge is -2.41. The molecule has 0 aliphatic carbocycles. The number of alkyl carbamates (subject to hydrolysis) is 1. The Balaban J connectivity index is 1.55. The van der Waals surface area contributed by atoms with E-state index in [0.717, 1.165) is 16.7 Å². The van der Waals surface area contributed by atoms with Crippen molar-refractivity contribution < 1.29 is 27.8 Å². The zero-order valence-corrected chi connectivity index (χ0v) is 19.6. The molecule has 2 heterocycles. The van der Waals surface area contributed by atoms with Gasteiger partial charge in [0, 0.05) is 13.0 Å². The standard InChI is InChI=1S/C26H30F2N2O4/c1-26(2,3)34-25(32)29-21-14-22(33-15-20(21)28)24(31)30-13-12-16-6-4-5-7-19(16)23(30)17-8-10-18(27)11-9-17/h4-11,20-23H,12-15H2,1-3H3,(H,29,32)/t20-,21-,22+,23-/m0/s1. The molecule has 0 radical (unpaired) electrons. The summed E-state index contributed by atoms with van der Waals surface area (Å²) in [6, 6.07) is 12.6. The number of rotatable bonds is 3. The maximum atomic E-state index is 14.5. The van der Waals surface area contributed by atoms with Gasteiger partial charge in [-0.15, -0.1) is 0 Å². The first kappa shape index (κ1) is 24.1. The Morgan fingerprint density at radius 1 is 1.12 bits per heavy atom. The Labute approximate surface area is 198 Å². The van der Waals surface area contributed by atoms with Gasteiger partial charge in [-0.25, -0.2) is 13.6 Å². The van der Waals surface area contributed by atoms with E-state index >= 15 is 0 Å². The number of alkyl halides is 1. The second-order valence-electron chi connectivity index (χ2n) is 9.76. The fraction of sp³-hybridized carbons (Fsp3) is 0.462. The molecule has 8 heteroatoms. The number of nitrogens with one attached hydrogen (secondary N) is 1. The van der Waals surface area contributed by atoms with E-state index in [0.29, 0.717) is 13.0 Å². The van der Waals surface area contributed by atoms with Gasteiger partial charge in [0.05, 0.1) is 18.7 Å². The highest BCUT2D eigenvalue weighted by Crippen LogP contribution is 2.36. The van der Waals surface area contributed by atoms with Gasteiger partial charge in [0.2, 0.25) is 0 Å². The minimum Gasteiger partial charge on any atom is -0.444 e. The predicted molar refractivity (Wildman–Crippen MR) is 123 cm³/mol. The summed E-state index contributed by atoms with van der Waals surface area (Å²) < 4.78 is 39.0. The van der Waals surface area contributed by atoms with Crippen molar-refractivity contribution in [2.45, 2.75) is 63.6 Å². The molecule has 182 valence electrons. The summed E-state index contributed by atoms with van der Waals surface area (Å²) in [5, 5.41) is 2.55. The van der Waals surface area contributed by atoms with Crippen LogP contribution < -0.4 is 5.32 Å². The molecule has 2 aliphatic rings. The van der Waals surface area contributed by atoms with Crippen LogP contribution in [-0.2, 0) is 20.7 Å². The smallest absolute Gasteiger partial charge is 0.407 e. The van der Waals surface area contributed by atoms with Gasteiger partial charge in [0.15, 0.2) is 0 Å². The van der Waals surface area contributed by atoms with Crippen LogP contribution in [0, 0.1) is 5.82 Å². The highest BCUT2D eigenvalue weighted by molar-refractivity contribution is 5.82. The van der Waals surface area contributed by atoms with Crippen molar-refractivity contribution in [2.75, 3.05) is 13.2 Å². The summed E-state index contributed by atoms with van der Waals surface area (Å²) in [6.45, 7) is 5.31. The molecule has 1 N–H and O–H groups in total. The summed E-state index contributed by atoms with van der Waals surface area (Å²) in [7, 11) is 0. The number of hydrogen-bond donors (Lipinski definition) is 1. The molecule has 0 bridgehead atoms. The minimum atomic E-state index is -1.45. The van der Waals surface area contributed by atoms with Crippen molar-refractivity contribution in [2.24, 2.45) is 0 Å². The molecule has 0 aromatic heterocycles. The Kier molecular flexibility index (Phi) is 6.89. The molecule has 0 spiro atoms. The number of hydrogen-bond acceptors (Lipinski definition) is 4. The zero-order chi connectivity index (χ0) is 24.5. The van der Waals surface area contributed by atoms with Gasteiger partial charge in [0.25, 0.3) is 5.91 Å². The topological polar surface area (TPSA) is 67.9 Å². The van der Waals surface area contributed by atoms with Crippen LogP contribution in [0.2, 0.25) is 0 Å². The lowest BCUT2D eigenvalue weighted by Crippen LogP contribution is -2.55. The van der Waals surface area contributed by atoms with Crippen LogP contribution >= 0.6 is 0 Å². The molecule has 4 rings (SSSR count). The molecular formula is C26H30F2N2O4. The van der Waals surface area contributed by atoms with Gasteiger partial charge < -0.3 is 19.7 Å². The SMILES string of the molecule is CC(C)(C)OC(=O)N[C@H]1C[C@H](C(=O)N2CCc3ccccc3[C@@H]2c2ccc(F)cc2)OC[C@@H]1F. The van der Waals surface area contributed by atoms with Gasteiger partial charge in [-0.1, -0.05) is 36.4 Å². The first-order valence-electron chi connectivity index (χ1n) is 11.5. The summed E-state index contributed by atoms with van der Waals surface area (Å²) in [6.07, 6.45) is -2.44. The van der Waals surface area contributed by atoms with Crippen LogP contribution in [0.25, 0.3) is 0 Å². The van der Waals surface area contributed by atoms with E-state index in [4.69, 9.17) is 9.47 Å². The second-order valence-corrected chi connectivity index (χ2v) is 9.76. The molecular weight excluding hydrogens is 442 g/mol. The molecule has 2 aromatic carbocycles. The Morgan fingerprint density at radius 3 is 2.53 bits per heavy atom. The van der Waals surface area contributed by atoms with E-state index in [2.05, 4.69) is 5.32 Å². The number of nitrogens with zero attached hydrogens (tertiary/aromatic N) is 1. The predicted octanol–water partition coefficient (Wildman–Crippen LogP) is 4.32. The fourth-order valence-corrected chi connectivity index (χ4v) is 4.54. The van der Waals surface area contributed by atoms with Crippen molar-refractivity contribution in [3.05, 3.63) is 71.0 Å². The largest absolute Gasteiger partial charge is 0.444 e. The second kappa shape index (κ2) is 9.70. The molecule has 2 aliphatic heterocycles. The van der Waals surface area contributed by atoms with Gasteiger partial charge in [-0.3, -0.25) is 4.79 Å². The molecule has 0 saturated carbocycles. The summed E-state index contributed by atoms with van der Waals surface area (Å²) in [5.41, 5.74) is 2.15. The van der Waals surface area contributed by atoms with Gasteiger partial charge in [0.1, 0.15) is 23.7 Å². The van der Waals surface area contributed by atoms with Crippen LogP contribution in [-0.4, -0.2) is 54.0 Å². The number of ether oxygens (including phenoxy) is 2. The number of fused-ring (bicyclic) bond motifs is 1. The van der Waals surface area contributed by atoms with Crippen molar-refractivity contribution in [1.29, 1.82) is 0 Å². The van der Waals surface area contributed by atoms with E-state index in [1.807, 2.05) is 24.3 Å². The molecule has 4 atom stereocenters. The normalized spacial score (nSPS) is 24.8. The summed E-state index contributed by atoms with van der Waals surface area (Å²) in [4.78, 5) is 27.5. The summed E-state index contributed by atoms with van der Waals surface area (Å²) >= 11 is 0. The Bertz CT molecular complexity index is 1040. The highest BCUT2D eigenvalue weighted by atomic mass is 19.1. The van der Waals surface area contributed by atoms with Crippen molar-refractivity contribution in [1.82, 2.24) is 10.2 Å². The van der Waals surface area contributed by atoms with Gasteiger partial charge in [-0.2, -0.15) is 0 Å². The van der Waals surface area contributed by atoms with Crippen LogP contribution in [0.4, 0.5) is 13.6 Å². The third-order valence-corrected chi connectivity index (χ3v) is 6.09. The first-order valence-corrected chi connectivity index (χ1v) is 11.5. The maximum Gasteiger partial charge on any atom is 0.407 e. The van der Waals surface area contributed by atoms with E-state index in [-0.39, 0.29) is 24.8 Å². The van der Waals surface area contributed by atoms with Crippen LogP contribution in [0.1, 0.15) is 49.9 Å². The molecule has 2 aromatic rings. The van der Waals surface area contributed by atoms with E-state index in [1.165, 1.54) is 12.1 Å². The maximum absolute atomic E-state index is 14.5. The molecule has 1 fully saturated rings. The Morgan fingerprint density at radius 2 is 1.82 bits per heavy atom. The van der Waals surface area contributed by atoms with E-state index in [1.54, 1.807) is 37.8 Å². The molecule has 2 amide bonds. The quantitative estimate of drug-likeness (QED) is 0.723. The van der Waals surface area contributed by atoms with E-state index in [9.17, 15) is 18.4 Å². The number of benzene rings is 2. The fourth-order valence-electron chi connectivity index (χ4n) is 4.54. The Hall–Kier alpha value is -3.00. The van der Waals surface area contributed by atoms with Gasteiger partial charge in [-0.05, 0) is 56.0 Å². The average molecular weight is 473 g/mol. The number of carbonyl (C=O) groups is 2. The lowest BCUT2D eigenvalue weighted by molar-refractivity contribution is -0.152. The minimum absolute atomic E-state index is 0.00642. The van der Waals surface area contributed by atoms with Crippen LogP contribution in [0.15, 0.2) is 48.5 Å². The van der Waals surface area contributed by atoms with Crippen LogP contribution in [0.3, 0.4) is 0 Å². The van der Waals surface area contributed by atoms with Gasteiger partial charge >= 0.3 is 6.09 Å². The molecule has 6 nitrogen and oxygen atoms in total. The molecule has 1 saturated heterocycles.